The van der Waals surface area contributed by atoms with Crippen molar-refractivity contribution in [3.63, 3.8) is 0 Å². The van der Waals surface area contributed by atoms with Gasteiger partial charge in [0.1, 0.15) is 17.2 Å². The monoisotopic (exact) mass is 534 g/mol. The van der Waals surface area contributed by atoms with Crippen molar-refractivity contribution < 1.29 is 9.47 Å². The quantitative estimate of drug-likeness (QED) is 0.274. The van der Waals surface area contributed by atoms with Gasteiger partial charge in [0.2, 0.25) is 0 Å². The van der Waals surface area contributed by atoms with Gasteiger partial charge < -0.3 is 9.47 Å². The number of thioether (sulfide) groups is 2. The third kappa shape index (κ3) is 6.77. The van der Waals surface area contributed by atoms with Crippen LogP contribution in [0.1, 0.15) is 69.8 Å². The van der Waals surface area contributed by atoms with E-state index in [9.17, 15) is 0 Å². The lowest BCUT2D eigenvalue weighted by molar-refractivity contribution is 0.414. The number of aromatic nitrogens is 2. The Morgan fingerprint density at radius 3 is 1.95 bits per heavy atom. The third-order valence-corrected chi connectivity index (χ3v) is 10.0. The van der Waals surface area contributed by atoms with Crippen LogP contribution in [0.2, 0.25) is 0 Å². The summed E-state index contributed by atoms with van der Waals surface area (Å²) in [6, 6.07) is 16.7. The Hall–Kier alpha value is -2.31. The van der Waals surface area contributed by atoms with E-state index in [2.05, 4.69) is 40.6 Å². The summed E-state index contributed by atoms with van der Waals surface area (Å²) in [5.41, 5.74) is 4.47. The van der Waals surface area contributed by atoms with Crippen LogP contribution in [0, 0.1) is 0 Å². The second kappa shape index (κ2) is 13.0. The SMILES string of the molecule is COc1ccc(/C(=C/SC2CCCCC2)n2cc(SC3CCCCC3)c(-c3ccc(OC)cc3)n2)cc1. The molecular formula is C31H38N2O2S2. The van der Waals surface area contributed by atoms with E-state index < -0.39 is 0 Å². The van der Waals surface area contributed by atoms with E-state index >= 15 is 0 Å². The maximum atomic E-state index is 5.43. The zero-order valence-electron chi connectivity index (χ0n) is 22.0. The standard InChI is InChI=1S/C31H38N2O2S2/c1-34-25-17-13-23(14-18-25)29(22-36-27-9-5-3-6-10-27)33-21-30(37-28-11-7-4-8-12-28)31(32-33)24-15-19-26(35-2)20-16-24/h13-22,27-28H,3-12H2,1-2H3/b29-22-. The van der Waals surface area contributed by atoms with Gasteiger partial charge in [-0.05, 0) is 79.6 Å². The summed E-state index contributed by atoms with van der Waals surface area (Å²) in [7, 11) is 3.43. The van der Waals surface area contributed by atoms with E-state index in [4.69, 9.17) is 14.6 Å². The fourth-order valence-corrected chi connectivity index (χ4v) is 7.79. The first-order valence-electron chi connectivity index (χ1n) is 13.6. The zero-order chi connectivity index (χ0) is 25.5. The first-order valence-corrected chi connectivity index (χ1v) is 15.5. The van der Waals surface area contributed by atoms with Crippen LogP contribution in [-0.4, -0.2) is 34.5 Å². The Labute approximate surface area is 230 Å². The lowest BCUT2D eigenvalue weighted by Crippen LogP contribution is -2.07. The van der Waals surface area contributed by atoms with Crippen molar-refractivity contribution in [2.24, 2.45) is 0 Å². The van der Waals surface area contributed by atoms with Crippen LogP contribution in [-0.2, 0) is 0 Å². The van der Waals surface area contributed by atoms with Gasteiger partial charge in [-0.2, -0.15) is 5.10 Å². The van der Waals surface area contributed by atoms with Gasteiger partial charge in [-0.15, -0.1) is 23.5 Å². The van der Waals surface area contributed by atoms with Gasteiger partial charge in [0.25, 0.3) is 0 Å². The molecule has 1 heterocycles. The maximum Gasteiger partial charge on any atom is 0.118 e. The highest BCUT2D eigenvalue weighted by Crippen LogP contribution is 2.40. The fraction of sp³-hybridized carbons (Fsp3) is 0.452. The number of hydrogen-bond acceptors (Lipinski definition) is 5. The molecule has 2 saturated carbocycles. The average molecular weight is 535 g/mol. The Kier molecular flexibility index (Phi) is 9.22. The predicted molar refractivity (Wildman–Crippen MR) is 158 cm³/mol. The van der Waals surface area contributed by atoms with Crippen molar-refractivity contribution in [1.82, 2.24) is 9.78 Å². The van der Waals surface area contributed by atoms with Gasteiger partial charge in [0.05, 0.1) is 24.8 Å². The van der Waals surface area contributed by atoms with Crippen molar-refractivity contribution >= 4 is 29.2 Å². The highest BCUT2D eigenvalue weighted by molar-refractivity contribution is 8.02. The van der Waals surface area contributed by atoms with Crippen LogP contribution < -0.4 is 9.47 Å². The van der Waals surface area contributed by atoms with Crippen molar-refractivity contribution in [2.45, 2.75) is 79.6 Å². The van der Waals surface area contributed by atoms with E-state index in [1.807, 2.05) is 47.8 Å². The molecule has 0 radical (unpaired) electrons. The van der Waals surface area contributed by atoms with Crippen LogP contribution in [0.3, 0.4) is 0 Å². The van der Waals surface area contributed by atoms with Crippen molar-refractivity contribution in [3.8, 4) is 22.8 Å². The Bertz CT molecular complexity index is 1160. The zero-order valence-corrected chi connectivity index (χ0v) is 23.7. The summed E-state index contributed by atoms with van der Waals surface area (Å²) < 4.78 is 13.0. The number of ether oxygens (including phenoxy) is 2. The van der Waals surface area contributed by atoms with Crippen LogP contribution in [0.4, 0.5) is 0 Å². The van der Waals surface area contributed by atoms with Crippen molar-refractivity contribution in [2.75, 3.05) is 14.2 Å². The molecule has 2 aliphatic carbocycles. The average Bonchev–Trinajstić information content (AvgIpc) is 3.37. The number of benzene rings is 2. The van der Waals surface area contributed by atoms with Crippen LogP contribution >= 0.6 is 23.5 Å². The molecule has 4 nitrogen and oxygen atoms in total. The molecule has 2 aliphatic rings. The molecule has 0 N–H and O–H groups in total. The number of nitrogens with zero attached hydrogens (tertiary/aromatic N) is 2. The Morgan fingerprint density at radius 2 is 1.35 bits per heavy atom. The van der Waals surface area contributed by atoms with Crippen LogP contribution in [0.15, 0.2) is 65.0 Å². The van der Waals surface area contributed by atoms with E-state index in [1.165, 1.54) is 69.1 Å². The first-order chi connectivity index (χ1) is 18.2. The van der Waals surface area contributed by atoms with Gasteiger partial charge in [-0.3, -0.25) is 0 Å². The minimum atomic E-state index is 0.661. The van der Waals surface area contributed by atoms with Crippen LogP contribution in [0.5, 0.6) is 11.5 Å². The maximum absolute atomic E-state index is 5.43. The molecule has 6 heteroatoms. The molecule has 0 amide bonds. The predicted octanol–water partition coefficient (Wildman–Crippen LogP) is 8.90. The summed E-state index contributed by atoms with van der Waals surface area (Å²) in [6.45, 7) is 0. The Morgan fingerprint density at radius 1 is 0.784 bits per heavy atom. The molecule has 0 atom stereocenters. The smallest absolute Gasteiger partial charge is 0.118 e. The fourth-order valence-electron chi connectivity index (χ4n) is 5.26. The Balaban J connectivity index is 1.52. The van der Waals surface area contributed by atoms with E-state index in [-0.39, 0.29) is 0 Å². The number of methoxy groups -OCH3 is 2. The second-order valence-corrected chi connectivity index (χ2v) is 12.5. The first kappa shape index (κ1) is 26.3. The second-order valence-electron chi connectivity index (χ2n) is 10.0. The topological polar surface area (TPSA) is 36.3 Å². The van der Waals surface area contributed by atoms with Crippen molar-refractivity contribution in [1.29, 1.82) is 0 Å². The highest BCUT2D eigenvalue weighted by Gasteiger charge is 2.21. The van der Waals surface area contributed by atoms with Gasteiger partial charge in [0, 0.05) is 27.8 Å². The third-order valence-electron chi connectivity index (χ3n) is 7.45. The minimum Gasteiger partial charge on any atom is -0.497 e. The molecule has 0 spiro atoms. The van der Waals surface area contributed by atoms with Gasteiger partial charge in [-0.1, -0.05) is 38.5 Å². The summed E-state index contributed by atoms with van der Waals surface area (Å²) in [4.78, 5) is 1.26. The summed E-state index contributed by atoms with van der Waals surface area (Å²) >= 11 is 3.99. The molecular weight excluding hydrogens is 496 g/mol. The highest BCUT2D eigenvalue weighted by atomic mass is 32.2. The molecule has 2 aromatic carbocycles. The molecule has 1 aromatic heterocycles. The van der Waals surface area contributed by atoms with Gasteiger partial charge in [0.15, 0.2) is 0 Å². The molecule has 0 bridgehead atoms. The van der Waals surface area contributed by atoms with Crippen molar-refractivity contribution in [3.05, 3.63) is 65.7 Å². The van der Waals surface area contributed by atoms with E-state index in [0.717, 1.165) is 34.0 Å². The lowest BCUT2D eigenvalue weighted by Gasteiger charge is -2.20. The van der Waals surface area contributed by atoms with E-state index in [0.29, 0.717) is 10.5 Å². The van der Waals surface area contributed by atoms with Gasteiger partial charge in [-0.25, -0.2) is 4.68 Å². The van der Waals surface area contributed by atoms with E-state index in [1.54, 1.807) is 14.2 Å². The summed E-state index contributed by atoms with van der Waals surface area (Å²) in [5.74, 6) is 1.74. The number of rotatable bonds is 9. The van der Waals surface area contributed by atoms with Gasteiger partial charge >= 0.3 is 0 Å². The molecule has 0 unspecified atom stereocenters. The molecule has 5 rings (SSSR count). The molecule has 0 saturated heterocycles. The number of hydrogen-bond donors (Lipinski definition) is 0. The largest absolute Gasteiger partial charge is 0.497 e. The molecule has 0 aliphatic heterocycles. The molecule has 196 valence electrons. The normalized spacial score (nSPS) is 17.6. The molecule has 3 aromatic rings. The summed E-state index contributed by atoms with van der Waals surface area (Å²) in [6.07, 6.45) is 15.5. The lowest BCUT2D eigenvalue weighted by atomic mass is 10.0. The molecule has 37 heavy (non-hydrogen) atoms. The molecule has 2 fully saturated rings. The van der Waals surface area contributed by atoms with Crippen LogP contribution in [0.25, 0.3) is 17.0 Å². The summed E-state index contributed by atoms with van der Waals surface area (Å²) in [5, 5.41) is 8.92. The minimum absolute atomic E-state index is 0.661.